The first-order valence-electron chi connectivity index (χ1n) is 7.37. The van der Waals surface area contributed by atoms with Crippen LogP contribution in [0.15, 0.2) is 22.7 Å². The van der Waals surface area contributed by atoms with E-state index in [0.717, 1.165) is 23.2 Å². The van der Waals surface area contributed by atoms with E-state index >= 15 is 0 Å². The molecule has 0 N–H and O–H groups in total. The lowest BCUT2D eigenvalue weighted by atomic mass is 10.1. The van der Waals surface area contributed by atoms with Gasteiger partial charge < -0.3 is 9.64 Å². The van der Waals surface area contributed by atoms with Crippen LogP contribution in [0.2, 0.25) is 0 Å². The Bertz CT molecular complexity index is 388. The first-order valence-corrected chi connectivity index (χ1v) is 8.17. The third-order valence-electron chi connectivity index (χ3n) is 3.79. The molecular formula is C16H24BrNO. The van der Waals surface area contributed by atoms with Gasteiger partial charge in [-0.3, -0.25) is 0 Å². The lowest BCUT2D eigenvalue weighted by molar-refractivity contribution is 0.216. The zero-order valence-corrected chi connectivity index (χ0v) is 13.4. The summed E-state index contributed by atoms with van der Waals surface area (Å²) in [7, 11) is 0. The molecule has 0 atom stereocenters. The van der Waals surface area contributed by atoms with Crippen molar-refractivity contribution in [3.8, 4) is 5.75 Å². The minimum absolute atomic E-state index is 0.825. The summed E-state index contributed by atoms with van der Waals surface area (Å²) in [4.78, 5) is 2.59. The first kappa shape index (κ1) is 14.9. The summed E-state index contributed by atoms with van der Waals surface area (Å²) < 4.78 is 6.98. The molecule has 0 spiro atoms. The Kier molecular flexibility index (Phi) is 6.18. The van der Waals surface area contributed by atoms with Crippen molar-refractivity contribution in [1.29, 1.82) is 0 Å². The lowest BCUT2D eigenvalue weighted by Gasteiger charge is -2.26. The molecule has 1 aromatic carbocycles. The summed E-state index contributed by atoms with van der Waals surface area (Å²) in [6.45, 7) is 6.75. The predicted octanol–water partition coefficient (Wildman–Crippen LogP) is 4.40. The van der Waals surface area contributed by atoms with Gasteiger partial charge in [-0.2, -0.15) is 0 Å². The molecule has 1 fully saturated rings. The van der Waals surface area contributed by atoms with E-state index in [2.05, 4.69) is 33.8 Å². The highest BCUT2D eigenvalue weighted by atomic mass is 79.9. The fraction of sp³-hybridized carbons (Fsp3) is 0.625. The van der Waals surface area contributed by atoms with E-state index in [1.165, 1.54) is 50.9 Å². The number of benzene rings is 1. The number of nitrogens with zero attached hydrogens (tertiary/aromatic N) is 1. The molecule has 1 aromatic rings. The predicted molar refractivity (Wildman–Crippen MR) is 83.9 cm³/mol. The van der Waals surface area contributed by atoms with Crippen molar-refractivity contribution in [2.24, 2.45) is 0 Å². The van der Waals surface area contributed by atoms with Crippen molar-refractivity contribution in [2.75, 3.05) is 26.2 Å². The largest absolute Gasteiger partial charge is 0.493 e. The SMILES string of the molecule is Cc1c(Br)cccc1OCCCCN1CCCCC1. The van der Waals surface area contributed by atoms with Gasteiger partial charge in [0, 0.05) is 10.0 Å². The number of rotatable bonds is 6. The lowest BCUT2D eigenvalue weighted by Crippen LogP contribution is -2.30. The Morgan fingerprint density at radius 2 is 1.95 bits per heavy atom. The van der Waals surface area contributed by atoms with Crippen LogP contribution in [0.25, 0.3) is 0 Å². The van der Waals surface area contributed by atoms with Crippen LogP contribution in [0.4, 0.5) is 0 Å². The van der Waals surface area contributed by atoms with Crippen molar-refractivity contribution in [1.82, 2.24) is 4.90 Å². The summed E-state index contributed by atoms with van der Waals surface area (Å²) in [5.41, 5.74) is 1.19. The second-order valence-electron chi connectivity index (χ2n) is 5.32. The van der Waals surface area contributed by atoms with Gasteiger partial charge >= 0.3 is 0 Å². The molecule has 0 bridgehead atoms. The molecule has 0 aliphatic carbocycles. The fourth-order valence-electron chi connectivity index (χ4n) is 2.55. The molecule has 0 saturated carbocycles. The minimum atomic E-state index is 0.825. The van der Waals surface area contributed by atoms with Crippen molar-refractivity contribution < 1.29 is 4.74 Å². The number of ether oxygens (including phenoxy) is 1. The van der Waals surface area contributed by atoms with E-state index in [0.29, 0.717) is 0 Å². The van der Waals surface area contributed by atoms with Gasteiger partial charge in [-0.1, -0.05) is 28.4 Å². The summed E-state index contributed by atoms with van der Waals surface area (Å²) in [6, 6.07) is 6.13. The van der Waals surface area contributed by atoms with Crippen LogP contribution in [0.3, 0.4) is 0 Å². The Morgan fingerprint density at radius 1 is 1.16 bits per heavy atom. The zero-order chi connectivity index (χ0) is 13.5. The second kappa shape index (κ2) is 7.91. The molecule has 0 aromatic heterocycles. The van der Waals surface area contributed by atoms with Crippen LogP contribution in [-0.4, -0.2) is 31.1 Å². The standard InChI is InChI=1S/C16H24BrNO/c1-14-15(17)8-7-9-16(14)19-13-6-5-12-18-10-3-2-4-11-18/h7-9H,2-6,10-13H2,1H3. The van der Waals surface area contributed by atoms with E-state index in [-0.39, 0.29) is 0 Å². The van der Waals surface area contributed by atoms with Gasteiger partial charge in [0.2, 0.25) is 0 Å². The topological polar surface area (TPSA) is 12.5 Å². The van der Waals surface area contributed by atoms with Gasteiger partial charge in [0.1, 0.15) is 5.75 Å². The summed E-state index contributed by atoms with van der Waals surface area (Å²) >= 11 is 3.53. The Hall–Kier alpha value is -0.540. The highest BCUT2D eigenvalue weighted by molar-refractivity contribution is 9.10. The number of likely N-dealkylation sites (tertiary alicyclic amines) is 1. The third-order valence-corrected chi connectivity index (χ3v) is 4.65. The van der Waals surface area contributed by atoms with E-state index in [1.807, 2.05) is 12.1 Å². The van der Waals surface area contributed by atoms with Crippen LogP contribution < -0.4 is 4.74 Å². The van der Waals surface area contributed by atoms with Gasteiger partial charge in [-0.05, 0) is 64.4 Å². The third kappa shape index (κ3) is 4.81. The number of hydrogen-bond donors (Lipinski definition) is 0. The number of unbranched alkanes of at least 4 members (excludes halogenated alkanes) is 1. The number of halogens is 1. The Morgan fingerprint density at radius 3 is 2.74 bits per heavy atom. The van der Waals surface area contributed by atoms with Crippen LogP contribution in [0, 0.1) is 6.92 Å². The monoisotopic (exact) mass is 325 g/mol. The summed E-state index contributed by atoms with van der Waals surface area (Å²) in [5.74, 6) is 1.01. The molecule has 1 saturated heterocycles. The average Bonchev–Trinajstić information content (AvgIpc) is 2.44. The highest BCUT2D eigenvalue weighted by Crippen LogP contribution is 2.25. The molecule has 1 aliphatic rings. The minimum Gasteiger partial charge on any atom is -0.493 e. The van der Waals surface area contributed by atoms with E-state index < -0.39 is 0 Å². The maximum atomic E-state index is 5.86. The second-order valence-corrected chi connectivity index (χ2v) is 6.18. The first-order chi connectivity index (χ1) is 9.27. The average molecular weight is 326 g/mol. The van der Waals surface area contributed by atoms with Crippen molar-refractivity contribution in [3.63, 3.8) is 0 Å². The molecule has 0 radical (unpaired) electrons. The van der Waals surface area contributed by atoms with Gasteiger partial charge in [-0.25, -0.2) is 0 Å². The van der Waals surface area contributed by atoms with Gasteiger partial charge in [0.25, 0.3) is 0 Å². The molecule has 106 valence electrons. The van der Waals surface area contributed by atoms with E-state index in [1.54, 1.807) is 0 Å². The van der Waals surface area contributed by atoms with Crippen LogP contribution >= 0.6 is 15.9 Å². The van der Waals surface area contributed by atoms with Gasteiger partial charge in [-0.15, -0.1) is 0 Å². The molecule has 1 aliphatic heterocycles. The molecule has 0 amide bonds. The summed E-state index contributed by atoms with van der Waals surface area (Å²) in [5, 5.41) is 0. The molecule has 19 heavy (non-hydrogen) atoms. The molecule has 2 nitrogen and oxygen atoms in total. The van der Waals surface area contributed by atoms with E-state index in [4.69, 9.17) is 4.74 Å². The normalized spacial score (nSPS) is 16.5. The summed E-state index contributed by atoms with van der Waals surface area (Å²) in [6.07, 6.45) is 6.57. The molecule has 0 unspecified atom stereocenters. The molecule has 1 heterocycles. The van der Waals surface area contributed by atoms with Crippen LogP contribution in [-0.2, 0) is 0 Å². The Labute approximate surface area is 125 Å². The van der Waals surface area contributed by atoms with Gasteiger partial charge in [0.15, 0.2) is 0 Å². The van der Waals surface area contributed by atoms with Crippen molar-refractivity contribution in [2.45, 2.75) is 39.0 Å². The number of hydrogen-bond acceptors (Lipinski definition) is 2. The Balaban J connectivity index is 1.62. The van der Waals surface area contributed by atoms with Crippen LogP contribution in [0.5, 0.6) is 5.75 Å². The maximum Gasteiger partial charge on any atom is 0.123 e. The fourth-order valence-corrected chi connectivity index (χ4v) is 2.89. The zero-order valence-electron chi connectivity index (χ0n) is 11.8. The quantitative estimate of drug-likeness (QED) is 0.718. The van der Waals surface area contributed by atoms with Crippen molar-refractivity contribution in [3.05, 3.63) is 28.2 Å². The number of piperidine rings is 1. The highest BCUT2D eigenvalue weighted by Gasteiger charge is 2.09. The smallest absolute Gasteiger partial charge is 0.123 e. The van der Waals surface area contributed by atoms with Crippen LogP contribution in [0.1, 0.15) is 37.7 Å². The van der Waals surface area contributed by atoms with Gasteiger partial charge in [0.05, 0.1) is 6.61 Å². The molecule has 3 heteroatoms. The van der Waals surface area contributed by atoms with Crippen molar-refractivity contribution >= 4 is 15.9 Å². The molecular weight excluding hydrogens is 302 g/mol. The van der Waals surface area contributed by atoms with E-state index in [9.17, 15) is 0 Å². The molecule has 2 rings (SSSR count). The maximum absolute atomic E-state index is 5.86.